The average Bonchev–Trinajstić information content (AvgIpc) is 2.42. The van der Waals surface area contributed by atoms with E-state index < -0.39 is 0 Å². The Kier molecular flexibility index (Phi) is 10.7. The third-order valence-electron chi connectivity index (χ3n) is 4.68. The molecule has 0 bridgehead atoms. The van der Waals surface area contributed by atoms with Crippen LogP contribution in [0.1, 0.15) is 74.1 Å². The van der Waals surface area contributed by atoms with Crippen molar-refractivity contribution in [1.82, 2.24) is 0 Å². The minimum atomic E-state index is -0.342. The third kappa shape index (κ3) is 8.12. The molecule has 0 aliphatic heterocycles. The second-order valence-corrected chi connectivity index (χ2v) is 7.67. The molecule has 0 radical (unpaired) electrons. The summed E-state index contributed by atoms with van der Waals surface area (Å²) in [5.74, 6) is 1.94. The van der Waals surface area contributed by atoms with Crippen molar-refractivity contribution in [2.45, 2.75) is 80.3 Å². The SMILES string of the molecule is CCCC(O)C=CCC(C)C(CC(C)C)C(=O)C(C)C(C)C. The highest BCUT2D eigenvalue weighted by Gasteiger charge is 2.30. The quantitative estimate of drug-likeness (QED) is 0.529. The molecule has 2 nitrogen and oxygen atoms in total. The number of hydrogen-bond acceptors (Lipinski definition) is 2. The molecule has 0 fully saturated rings. The average molecular weight is 311 g/mol. The van der Waals surface area contributed by atoms with Crippen molar-refractivity contribution in [3.63, 3.8) is 0 Å². The van der Waals surface area contributed by atoms with Crippen LogP contribution in [0.4, 0.5) is 0 Å². The Morgan fingerprint density at radius 2 is 1.68 bits per heavy atom. The first-order valence-electron chi connectivity index (χ1n) is 9.09. The molecule has 130 valence electrons. The van der Waals surface area contributed by atoms with Crippen LogP contribution in [0.15, 0.2) is 12.2 Å². The molecule has 0 aliphatic carbocycles. The highest BCUT2D eigenvalue weighted by Crippen LogP contribution is 2.29. The van der Waals surface area contributed by atoms with Crippen LogP contribution in [-0.2, 0) is 4.79 Å². The number of Topliss-reactive ketones (excluding diaryl/α,β-unsaturated/α-hetero) is 1. The predicted molar refractivity (Wildman–Crippen MR) is 95.8 cm³/mol. The number of aliphatic hydroxyl groups is 1. The van der Waals surface area contributed by atoms with Gasteiger partial charge in [-0.05, 0) is 37.0 Å². The Morgan fingerprint density at radius 3 is 2.14 bits per heavy atom. The van der Waals surface area contributed by atoms with E-state index in [9.17, 15) is 9.90 Å². The van der Waals surface area contributed by atoms with Crippen molar-refractivity contribution < 1.29 is 9.90 Å². The number of carbonyl (C=O) groups is 1. The fourth-order valence-corrected chi connectivity index (χ4v) is 2.81. The van der Waals surface area contributed by atoms with Crippen LogP contribution in [-0.4, -0.2) is 17.0 Å². The molecule has 0 aliphatic rings. The normalized spacial score (nSPS) is 17.9. The lowest BCUT2D eigenvalue weighted by Crippen LogP contribution is -2.30. The lowest BCUT2D eigenvalue weighted by Gasteiger charge is -2.28. The van der Waals surface area contributed by atoms with Crippen LogP contribution < -0.4 is 0 Å². The third-order valence-corrected chi connectivity index (χ3v) is 4.68. The molecular formula is C20H38O2. The summed E-state index contributed by atoms with van der Waals surface area (Å²) < 4.78 is 0. The summed E-state index contributed by atoms with van der Waals surface area (Å²) in [6.07, 6.45) is 7.24. The van der Waals surface area contributed by atoms with Gasteiger partial charge in [0.15, 0.2) is 0 Å². The van der Waals surface area contributed by atoms with Gasteiger partial charge >= 0.3 is 0 Å². The van der Waals surface area contributed by atoms with Crippen molar-refractivity contribution in [1.29, 1.82) is 0 Å². The summed E-state index contributed by atoms with van der Waals surface area (Å²) in [5.41, 5.74) is 0. The second kappa shape index (κ2) is 11.0. The molecule has 4 unspecified atom stereocenters. The first kappa shape index (κ1) is 21.4. The van der Waals surface area contributed by atoms with Crippen molar-refractivity contribution in [3.05, 3.63) is 12.2 Å². The fraction of sp³-hybridized carbons (Fsp3) is 0.850. The van der Waals surface area contributed by atoms with Crippen molar-refractivity contribution in [3.8, 4) is 0 Å². The van der Waals surface area contributed by atoms with Crippen LogP contribution in [0.5, 0.6) is 0 Å². The number of hydrogen-bond donors (Lipinski definition) is 1. The molecule has 1 N–H and O–H groups in total. The molecule has 0 aromatic rings. The molecule has 22 heavy (non-hydrogen) atoms. The summed E-state index contributed by atoms with van der Waals surface area (Å²) >= 11 is 0. The van der Waals surface area contributed by atoms with E-state index in [0.29, 0.717) is 23.5 Å². The molecule has 0 aromatic heterocycles. The monoisotopic (exact) mass is 310 g/mol. The maximum Gasteiger partial charge on any atom is 0.139 e. The maximum atomic E-state index is 12.8. The van der Waals surface area contributed by atoms with Gasteiger partial charge < -0.3 is 5.11 Å². The Morgan fingerprint density at radius 1 is 1.09 bits per heavy atom. The largest absolute Gasteiger partial charge is 0.389 e. The van der Waals surface area contributed by atoms with E-state index in [0.717, 1.165) is 25.7 Å². The Balaban J connectivity index is 4.77. The standard InChI is InChI=1S/C20H38O2/c1-8-10-18(21)12-9-11-16(6)19(13-14(2)3)20(22)17(7)15(4)5/h9,12,14-19,21H,8,10-11,13H2,1-7H3. The van der Waals surface area contributed by atoms with Crippen molar-refractivity contribution >= 4 is 5.78 Å². The zero-order valence-electron chi connectivity index (χ0n) is 15.8. The highest BCUT2D eigenvalue weighted by molar-refractivity contribution is 5.83. The van der Waals surface area contributed by atoms with E-state index in [1.165, 1.54) is 0 Å². The highest BCUT2D eigenvalue weighted by atomic mass is 16.3. The van der Waals surface area contributed by atoms with Crippen molar-refractivity contribution in [2.75, 3.05) is 0 Å². The van der Waals surface area contributed by atoms with Gasteiger partial charge in [-0.15, -0.1) is 0 Å². The molecule has 0 spiro atoms. The van der Waals surface area contributed by atoms with Gasteiger partial charge in [-0.25, -0.2) is 0 Å². The summed E-state index contributed by atoms with van der Waals surface area (Å²) in [6.45, 7) is 14.9. The van der Waals surface area contributed by atoms with Crippen LogP contribution in [0, 0.1) is 29.6 Å². The number of allylic oxidation sites excluding steroid dienone is 1. The minimum absolute atomic E-state index is 0.126. The molecular weight excluding hydrogens is 272 g/mol. The summed E-state index contributed by atoms with van der Waals surface area (Å²) in [4.78, 5) is 12.8. The lowest BCUT2D eigenvalue weighted by atomic mass is 9.76. The van der Waals surface area contributed by atoms with Crippen LogP contribution in [0.2, 0.25) is 0 Å². The van der Waals surface area contributed by atoms with E-state index in [4.69, 9.17) is 0 Å². The van der Waals surface area contributed by atoms with Gasteiger partial charge in [0, 0.05) is 11.8 Å². The molecule has 0 saturated heterocycles. The van der Waals surface area contributed by atoms with Gasteiger partial charge in [-0.1, -0.05) is 67.0 Å². The number of carbonyl (C=O) groups excluding carboxylic acids is 1. The van der Waals surface area contributed by atoms with E-state index >= 15 is 0 Å². The number of aliphatic hydroxyl groups excluding tert-OH is 1. The Labute approximate surface area is 138 Å². The van der Waals surface area contributed by atoms with E-state index in [1.54, 1.807) is 0 Å². The first-order chi connectivity index (χ1) is 10.2. The first-order valence-corrected chi connectivity index (χ1v) is 9.09. The molecule has 4 atom stereocenters. The van der Waals surface area contributed by atoms with E-state index in [2.05, 4.69) is 54.5 Å². The topological polar surface area (TPSA) is 37.3 Å². The van der Waals surface area contributed by atoms with Gasteiger partial charge in [0.25, 0.3) is 0 Å². The predicted octanol–water partition coefficient (Wildman–Crippen LogP) is 5.25. The zero-order chi connectivity index (χ0) is 17.3. The Hall–Kier alpha value is -0.630. The van der Waals surface area contributed by atoms with Crippen LogP contribution in [0.25, 0.3) is 0 Å². The summed E-state index contributed by atoms with van der Waals surface area (Å²) in [7, 11) is 0. The van der Waals surface area contributed by atoms with Gasteiger partial charge in [0.1, 0.15) is 5.78 Å². The second-order valence-electron chi connectivity index (χ2n) is 7.67. The van der Waals surface area contributed by atoms with Gasteiger partial charge in [0.2, 0.25) is 0 Å². The van der Waals surface area contributed by atoms with Crippen molar-refractivity contribution in [2.24, 2.45) is 29.6 Å². The molecule has 0 aromatic carbocycles. The lowest BCUT2D eigenvalue weighted by molar-refractivity contribution is -0.129. The molecule has 2 heteroatoms. The number of ketones is 1. The molecule has 0 heterocycles. The molecule has 0 saturated carbocycles. The van der Waals surface area contributed by atoms with Crippen LogP contribution in [0.3, 0.4) is 0 Å². The maximum absolute atomic E-state index is 12.8. The zero-order valence-corrected chi connectivity index (χ0v) is 15.8. The summed E-state index contributed by atoms with van der Waals surface area (Å²) in [5, 5.41) is 9.76. The van der Waals surface area contributed by atoms with Crippen LogP contribution >= 0.6 is 0 Å². The summed E-state index contributed by atoms with van der Waals surface area (Å²) in [6, 6.07) is 0. The van der Waals surface area contributed by atoms with Gasteiger partial charge in [-0.2, -0.15) is 0 Å². The fourth-order valence-electron chi connectivity index (χ4n) is 2.81. The molecule has 0 rings (SSSR count). The number of rotatable bonds is 11. The van der Waals surface area contributed by atoms with Gasteiger partial charge in [-0.3, -0.25) is 4.79 Å². The van der Waals surface area contributed by atoms with Gasteiger partial charge in [0.05, 0.1) is 6.10 Å². The Bertz CT molecular complexity index is 331. The minimum Gasteiger partial charge on any atom is -0.389 e. The smallest absolute Gasteiger partial charge is 0.139 e. The van der Waals surface area contributed by atoms with E-state index in [1.807, 2.05) is 6.08 Å². The molecule has 0 amide bonds. The van der Waals surface area contributed by atoms with E-state index in [-0.39, 0.29) is 17.9 Å².